The molecular weight excluding hydrogens is 361 g/mol. The van der Waals surface area contributed by atoms with Crippen molar-refractivity contribution in [2.45, 2.75) is 4.90 Å². The molecule has 0 unspecified atom stereocenters. The van der Waals surface area contributed by atoms with Crippen LogP contribution in [0.3, 0.4) is 0 Å². The summed E-state index contributed by atoms with van der Waals surface area (Å²) in [5.74, 6) is -2.66. The first-order valence-corrected chi connectivity index (χ1v) is 8.93. The van der Waals surface area contributed by atoms with E-state index in [-0.39, 0.29) is 16.0 Å². The molecule has 0 saturated heterocycles. The van der Waals surface area contributed by atoms with Crippen LogP contribution in [0.1, 0.15) is 0 Å². The van der Waals surface area contributed by atoms with Crippen molar-refractivity contribution in [1.29, 1.82) is 0 Å². The highest BCUT2D eigenvalue weighted by Crippen LogP contribution is 2.38. The van der Waals surface area contributed by atoms with Gasteiger partial charge in [0, 0.05) is 5.39 Å². The Hall–Kier alpha value is -3.13. The molecule has 6 nitrogen and oxygen atoms in total. The molecule has 3 aromatic rings. The highest BCUT2D eigenvalue weighted by molar-refractivity contribution is 7.92. The van der Waals surface area contributed by atoms with Gasteiger partial charge in [-0.05, 0) is 35.7 Å². The molecule has 0 aliphatic rings. The first kappa shape index (κ1) is 17.7. The number of hydrogen-bond donors (Lipinski definition) is 1. The van der Waals surface area contributed by atoms with Crippen molar-refractivity contribution >= 4 is 32.5 Å². The van der Waals surface area contributed by atoms with Gasteiger partial charge < -0.3 is 5.11 Å². The van der Waals surface area contributed by atoms with E-state index in [9.17, 15) is 22.7 Å². The maximum atomic E-state index is 13.1. The summed E-state index contributed by atoms with van der Waals surface area (Å²) in [6.07, 6.45) is 0. The molecule has 1 radical (unpaired) electrons. The van der Waals surface area contributed by atoms with Crippen molar-refractivity contribution in [2.75, 3.05) is 10.8 Å². The molecule has 0 saturated carbocycles. The fraction of sp³-hybridized carbons (Fsp3) is 0.0556. The topological polar surface area (TPSA) is 94.6 Å². The Bertz CT molecular complexity index is 1080. The van der Waals surface area contributed by atoms with Crippen molar-refractivity contribution in [2.24, 2.45) is 0 Å². The molecule has 0 atom stereocenters. The number of carbonyl (C=O) groups is 1. The maximum Gasteiger partial charge on any atom is 0.324 e. The predicted molar refractivity (Wildman–Crippen MR) is 92.6 cm³/mol. The highest BCUT2D eigenvalue weighted by Gasteiger charge is 2.30. The van der Waals surface area contributed by atoms with E-state index in [1.807, 2.05) is 0 Å². The summed E-state index contributed by atoms with van der Waals surface area (Å²) in [7, 11) is -4.37. The number of sulfonamides is 1. The van der Waals surface area contributed by atoms with Crippen LogP contribution in [0.2, 0.25) is 0 Å². The van der Waals surface area contributed by atoms with Gasteiger partial charge in [0.2, 0.25) is 5.75 Å². The van der Waals surface area contributed by atoms with Crippen LogP contribution in [0, 0.1) is 5.82 Å². The Morgan fingerprint density at radius 2 is 1.65 bits per heavy atom. The van der Waals surface area contributed by atoms with E-state index in [0.717, 1.165) is 24.3 Å². The van der Waals surface area contributed by atoms with Gasteiger partial charge in [0.15, 0.2) is 0 Å². The second kappa shape index (κ2) is 6.64. The largest absolute Gasteiger partial charge is 0.480 e. The van der Waals surface area contributed by atoms with Crippen LogP contribution in [-0.2, 0) is 19.9 Å². The maximum absolute atomic E-state index is 13.1. The van der Waals surface area contributed by atoms with Gasteiger partial charge >= 0.3 is 5.97 Å². The van der Waals surface area contributed by atoms with Gasteiger partial charge in [-0.1, -0.05) is 30.3 Å². The van der Waals surface area contributed by atoms with Gasteiger partial charge in [-0.25, -0.2) is 12.8 Å². The van der Waals surface area contributed by atoms with Crippen molar-refractivity contribution in [1.82, 2.24) is 0 Å². The Morgan fingerprint density at radius 1 is 1.00 bits per heavy atom. The highest BCUT2D eigenvalue weighted by atomic mass is 32.2. The zero-order chi connectivity index (χ0) is 18.9. The summed E-state index contributed by atoms with van der Waals surface area (Å²) < 4.78 is 39.4. The fourth-order valence-electron chi connectivity index (χ4n) is 2.58. The normalized spacial score (nSPS) is 11.4. The first-order valence-electron chi connectivity index (χ1n) is 7.49. The minimum absolute atomic E-state index is 0.273. The second-order valence-electron chi connectivity index (χ2n) is 5.49. The van der Waals surface area contributed by atoms with Gasteiger partial charge in [0.25, 0.3) is 10.0 Å². The molecule has 1 N–H and O–H groups in total. The molecule has 0 aromatic heterocycles. The van der Waals surface area contributed by atoms with Gasteiger partial charge in [0.1, 0.15) is 18.0 Å². The SMILES string of the molecule is [O]c1c(N(CC(=O)O)S(=O)(=O)c2ccc(F)cc2)ccc2ccccc12. The number of nitrogens with zero attached hydrogens (tertiary/aromatic N) is 1. The lowest BCUT2D eigenvalue weighted by Crippen LogP contribution is -2.35. The Morgan fingerprint density at radius 3 is 2.31 bits per heavy atom. The molecule has 0 amide bonds. The second-order valence-corrected chi connectivity index (χ2v) is 7.36. The molecule has 0 heterocycles. The van der Waals surface area contributed by atoms with Gasteiger partial charge in [-0.15, -0.1) is 0 Å². The minimum atomic E-state index is -4.37. The van der Waals surface area contributed by atoms with E-state index in [2.05, 4.69) is 0 Å². The number of fused-ring (bicyclic) bond motifs is 1. The number of aliphatic carboxylic acids is 1. The molecule has 133 valence electrons. The van der Waals surface area contributed by atoms with Crippen molar-refractivity contribution in [3.63, 3.8) is 0 Å². The average molecular weight is 374 g/mol. The van der Waals surface area contributed by atoms with Crippen LogP contribution in [0.4, 0.5) is 10.1 Å². The number of rotatable bonds is 5. The van der Waals surface area contributed by atoms with Crippen LogP contribution < -0.4 is 4.31 Å². The van der Waals surface area contributed by atoms with Crippen LogP contribution >= 0.6 is 0 Å². The van der Waals surface area contributed by atoms with Crippen molar-refractivity contribution < 1.29 is 27.8 Å². The summed E-state index contributed by atoms with van der Waals surface area (Å²) in [6, 6.07) is 13.3. The lowest BCUT2D eigenvalue weighted by molar-refractivity contribution is -0.135. The smallest absolute Gasteiger partial charge is 0.324 e. The average Bonchev–Trinajstić information content (AvgIpc) is 2.61. The number of carboxylic acids is 1. The molecule has 0 aliphatic carbocycles. The third kappa shape index (κ3) is 3.18. The zero-order valence-electron chi connectivity index (χ0n) is 13.3. The number of hydrogen-bond acceptors (Lipinski definition) is 3. The van der Waals surface area contributed by atoms with E-state index in [1.165, 1.54) is 12.1 Å². The zero-order valence-corrected chi connectivity index (χ0v) is 14.1. The summed E-state index contributed by atoms with van der Waals surface area (Å²) in [5, 5.41) is 22.7. The monoisotopic (exact) mass is 374 g/mol. The lowest BCUT2D eigenvalue weighted by Gasteiger charge is -2.23. The standard InChI is InChI=1S/C18H13FNO5S/c19-13-6-8-14(9-7-13)26(24,25)20(11-17(21)22)16-10-5-12-3-1-2-4-15(12)18(16)23/h1-10H,11H2,(H,21,22). The molecule has 3 rings (SSSR count). The quantitative estimate of drug-likeness (QED) is 0.740. The number of benzene rings is 3. The van der Waals surface area contributed by atoms with E-state index in [1.54, 1.807) is 24.3 Å². The summed E-state index contributed by atoms with van der Waals surface area (Å²) in [6.45, 7) is -0.937. The van der Waals surface area contributed by atoms with E-state index in [4.69, 9.17) is 5.11 Å². The van der Waals surface area contributed by atoms with E-state index >= 15 is 0 Å². The Kier molecular flexibility index (Phi) is 4.52. The van der Waals surface area contributed by atoms with Crippen molar-refractivity contribution in [3.8, 4) is 5.75 Å². The lowest BCUT2D eigenvalue weighted by atomic mass is 10.1. The molecule has 26 heavy (non-hydrogen) atoms. The molecular formula is C18H13FNO5S. The number of anilines is 1. The molecule has 0 bridgehead atoms. The van der Waals surface area contributed by atoms with Crippen molar-refractivity contribution in [3.05, 3.63) is 66.5 Å². The van der Waals surface area contributed by atoms with E-state index in [0.29, 0.717) is 9.69 Å². The Labute approximate surface area is 148 Å². The number of halogens is 1. The van der Waals surface area contributed by atoms with Gasteiger partial charge in [-0.2, -0.15) is 0 Å². The van der Waals surface area contributed by atoms with Crippen LogP contribution in [-0.4, -0.2) is 26.0 Å². The molecule has 0 fully saturated rings. The third-order valence-corrected chi connectivity index (χ3v) is 5.58. The van der Waals surface area contributed by atoms with Crippen LogP contribution in [0.15, 0.2) is 65.6 Å². The van der Waals surface area contributed by atoms with E-state index < -0.39 is 34.1 Å². The third-order valence-electron chi connectivity index (χ3n) is 3.81. The first-order chi connectivity index (χ1) is 12.3. The predicted octanol–water partition coefficient (Wildman–Crippen LogP) is 3.40. The molecule has 0 aliphatic heterocycles. The molecule has 8 heteroatoms. The summed E-state index contributed by atoms with van der Waals surface area (Å²) in [4.78, 5) is 10.9. The fourth-order valence-corrected chi connectivity index (χ4v) is 4.00. The summed E-state index contributed by atoms with van der Waals surface area (Å²) in [5.41, 5.74) is -0.282. The van der Waals surface area contributed by atoms with Gasteiger partial charge in [-0.3, -0.25) is 14.2 Å². The van der Waals surface area contributed by atoms with Crippen LogP contribution in [0.5, 0.6) is 5.75 Å². The molecule has 3 aromatic carbocycles. The Balaban J connectivity index is 2.19. The summed E-state index contributed by atoms with van der Waals surface area (Å²) >= 11 is 0. The number of carboxylic acid groups (broad SMARTS) is 1. The van der Waals surface area contributed by atoms with Gasteiger partial charge in [0.05, 0.1) is 4.90 Å². The minimum Gasteiger partial charge on any atom is -0.480 e. The molecule has 0 spiro atoms. The van der Waals surface area contributed by atoms with Crippen LogP contribution in [0.25, 0.3) is 10.8 Å².